The minimum Gasteiger partial charge on any atom is -0.479 e. The van der Waals surface area contributed by atoms with Gasteiger partial charge in [-0.2, -0.15) is 0 Å². The van der Waals surface area contributed by atoms with Crippen molar-refractivity contribution in [2.24, 2.45) is 0 Å². The molecule has 1 aromatic heterocycles. The Hall–Kier alpha value is -2.41. The summed E-state index contributed by atoms with van der Waals surface area (Å²) in [6.07, 6.45) is 1.63. The molecule has 0 aliphatic carbocycles. The normalized spacial score (nSPS) is 11.7. The van der Waals surface area contributed by atoms with E-state index in [4.69, 9.17) is 0 Å². The maximum absolute atomic E-state index is 11.8. The molecule has 0 radical (unpaired) electrons. The Kier molecular flexibility index (Phi) is 4.31. The van der Waals surface area contributed by atoms with Gasteiger partial charge in [0.05, 0.1) is 0 Å². The molecule has 1 heterocycles. The lowest BCUT2D eigenvalue weighted by Gasteiger charge is -2.14. The number of carboxylic acids is 1. The molecule has 1 atom stereocenters. The molecule has 0 saturated carbocycles. The summed E-state index contributed by atoms with van der Waals surface area (Å²) >= 11 is 1.32. The fourth-order valence-corrected chi connectivity index (χ4v) is 2.27. The van der Waals surface area contributed by atoms with Gasteiger partial charge >= 0.3 is 12.0 Å². The van der Waals surface area contributed by atoms with Crippen LogP contribution >= 0.6 is 11.3 Å². The van der Waals surface area contributed by atoms with E-state index in [1.54, 1.807) is 36.5 Å². The summed E-state index contributed by atoms with van der Waals surface area (Å²) in [5.74, 6) is -1.12. The molecular formula is C13H13N3O3S. The van der Waals surface area contributed by atoms with E-state index < -0.39 is 18.0 Å². The van der Waals surface area contributed by atoms with Crippen LogP contribution in [0.2, 0.25) is 0 Å². The average molecular weight is 291 g/mol. The molecule has 0 aliphatic heterocycles. The number of aryl methyl sites for hydroxylation is 1. The second kappa shape index (κ2) is 6.16. The number of urea groups is 1. The van der Waals surface area contributed by atoms with Gasteiger partial charge in [0.15, 0.2) is 11.2 Å². The summed E-state index contributed by atoms with van der Waals surface area (Å²) in [7, 11) is 0. The number of carbonyl (C=O) groups excluding carboxylic acids is 1. The van der Waals surface area contributed by atoms with Crippen LogP contribution < -0.4 is 10.6 Å². The highest BCUT2D eigenvalue weighted by atomic mass is 32.1. The Labute approximate surface area is 119 Å². The number of nitrogens with one attached hydrogen (secondary N) is 2. The zero-order valence-electron chi connectivity index (χ0n) is 10.7. The first-order valence-corrected chi connectivity index (χ1v) is 6.65. The van der Waals surface area contributed by atoms with Crippen LogP contribution in [0.1, 0.15) is 16.5 Å². The Morgan fingerprint density at radius 1 is 1.30 bits per heavy atom. The second-order valence-electron chi connectivity index (χ2n) is 4.06. The maximum Gasteiger partial charge on any atom is 0.330 e. The molecule has 7 heteroatoms. The van der Waals surface area contributed by atoms with Gasteiger partial charge in [-0.25, -0.2) is 14.6 Å². The number of carboxylic acid groups (broad SMARTS) is 1. The van der Waals surface area contributed by atoms with Gasteiger partial charge in [0.1, 0.15) is 0 Å². The third-order valence-corrected chi connectivity index (χ3v) is 3.33. The standard InChI is InChI=1S/C13H13N3O3S/c1-8-7-14-13(20-8)16-12(19)15-10(11(17)18)9-5-3-2-4-6-9/h2-7,10H,1H3,(H,17,18)(H2,14,15,16,19)/t10-/m1/s1. The largest absolute Gasteiger partial charge is 0.479 e. The third kappa shape index (κ3) is 3.55. The van der Waals surface area contributed by atoms with E-state index in [2.05, 4.69) is 15.6 Å². The van der Waals surface area contributed by atoms with Crippen LogP contribution in [0.25, 0.3) is 0 Å². The molecule has 2 rings (SSSR count). The second-order valence-corrected chi connectivity index (χ2v) is 5.29. The van der Waals surface area contributed by atoms with Crippen molar-refractivity contribution in [3.63, 3.8) is 0 Å². The van der Waals surface area contributed by atoms with Gasteiger partial charge in [-0.05, 0) is 12.5 Å². The van der Waals surface area contributed by atoms with E-state index in [1.165, 1.54) is 11.3 Å². The Balaban J connectivity index is 2.05. The van der Waals surface area contributed by atoms with E-state index in [-0.39, 0.29) is 0 Å². The van der Waals surface area contributed by atoms with Crippen LogP contribution in [0.4, 0.5) is 9.93 Å². The van der Waals surface area contributed by atoms with Gasteiger partial charge in [0.25, 0.3) is 0 Å². The molecule has 2 amide bonds. The minimum absolute atomic E-state index is 0.428. The summed E-state index contributed by atoms with van der Waals surface area (Å²) in [5, 5.41) is 14.5. The van der Waals surface area contributed by atoms with E-state index in [1.807, 2.05) is 6.92 Å². The van der Waals surface area contributed by atoms with Crippen LogP contribution in [0.15, 0.2) is 36.5 Å². The van der Waals surface area contributed by atoms with Gasteiger partial charge in [-0.15, -0.1) is 11.3 Å². The fourth-order valence-electron chi connectivity index (χ4n) is 1.61. The van der Waals surface area contributed by atoms with Crippen molar-refractivity contribution in [3.8, 4) is 0 Å². The highest BCUT2D eigenvalue weighted by Gasteiger charge is 2.22. The first kappa shape index (κ1) is 14.0. The molecule has 0 saturated heterocycles. The summed E-state index contributed by atoms with van der Waals surface area (Å²) in [4.78, 5) is 28.0. The van der Waals surface area contributed by atoms with Crippen molar-refractivity contribution >= 4 is 28.5 Å². The van der Waals surface area contributed by atoms with Crippen molar-refractivity contribution in [1.82, 2.24) is 10.3 Å². The number of amides is 2. The van der Waals surface area contributed by atoms with Crippen molar-refractivity contribution in [1.29, 1.82) is 0 Å². The highest BCUT2D eigenvalue weighted by molar-refractivity contribution is 7.15. The Morgan fingerprint density at radius 3 is 2.55 bits per heavy atom. The number of benzene rings is 1. The number of hydrogen-bond donors (Lipinski definition) is 3. The molecule has 6 nitrogen and oxygen atoms in total. The predicted octanol–water partition coefficient (Wildman–Crippen LogP) is 2.40. The lowest BCUT2D eigenvalue weighted by Crippen LogP contribution is -2.36. The van der Waals surface area contributed by atoms with Crippen LogP contribution in [0.3, 0.4) is 0 Å². The fraction of sp³-hybridized carbons (Fsp3) is 0.154. The van der Waals surface area contributed by atoms with E-state index >= 15 is 0 Å². The number of carbonyl (C=O) groups is 2. The summed E-state index contributed by atoms with van der Waals surface area (Å²) < 4.78 is 0. The zero-order valence-corrected chi connectivity index (χ0v) is 11.5. The molecule has 0 fully saturated rings. The molecule has 1 aromatic carbocycles. The number of hydrogen-bond acceptors (Lipinski definition) is 4. The topological polar surface area (TPSA) is 91.3 Å². The third-order valence-electron chi connectivity index (χ3n) is 2.50. The van der Waals surface area contributed by atoms with Crippen LogP contribution in [-0.4, -0.2) is 22.1 Å². The van der Waals surface area contributed by atoms with Crippen molar-refractivity contribution in [3.05, 3.63) is 47.0 Å². The van der Waals surface area contributed by atoms with Gasteiger partial charge in [0.2, 0.25) is 0 Å². The summed E-state index contributed by atoms with van der Waals surface area (Å²) in [6.45, 7) is 1.87. The number of rotatable bonds is 4. The smallest absolute Gasteiger partial charge is 0.330 e. The highest BCUT2D eigenvalue weighted by Crippen LogP contribution is 2.17. The first-order chi connectivity index (χ1) is 9.56. The molecule has 0 spiro atoms. The van der Waals surface area contributed by atoms with Crippen molar-refractivity contribution in [2.45, 2.75) is 13.0 Å². The van der Waals surface area contributed by atoms with Crippen LogP contribution in [-0.2, 0) is 4.79 Å². The van der Waals surface area contributed by atoms with E-state index in [9.17, 15) is 14.7 Å². The SMILES string of the molecule is Cc1cnc(NC(=O)N[C@@H](C(=O)O)c2ccccc2)s1. The zero-order chi connectivity index (χ0) is 14.5. The lowest BCUT2D eigenvalue weighted by atomic mass is 10.1. The number of aromatic nitrogens is 1. The predicted molar refractivity (Wildman–Crippen MR) is 75.8 cm³/mol. The molecule has 2 aromatic rings. The molecule has 0 aliphatic rings. The minimum atomic E-state index is -1.12. The number of nitrogens with zero attached hydrogens (tertiary/aromatic N) is 1. The van der Waals surface area contributed by atoms with Gasteiger partial charge in [-0.3, -0.25) is 5.32 Å². The van der Waals surface area contributed by atoms with Crippen molar-refractivity contribution in [2.75, 3.05) is 5.32 Å². The number of anilines is 1. The summed E-state index contributed by atoms with van der Waals surface area (Å²) in [6, 6.07) is 6.80. The molecule has 20 heavy (non-hydrogen) atoms. The molecule has 104 valence electrons. The molecule has 0 unspecified atom stereocenters. The van der Waals surface area contributed by atoms with Gasteiger partial charge in [-0.1, -0.05) is 30.3 Å². The monoisotopic (exact) mass is 291 g/mol. The van der Waals surface area contributed by atoms with E-state index in [0.717, 1.165) is 4.88 Å². The first-order valence-electron chi connectivity index (χ1n) is 5.84. The van der Waals surface area contributed by atoms with Gasteiger partial charge < -0.3 is 10.4 Å². The van der Waals surface area contributed by atoms with E-state index in [0.29, 0.717) is 10.7 Å². The van der Waals surface area contributed by atoms with Crippen molar-refractivity contribution < 1.29 is 14.7 Å². The Morgan fingerprint density at radius 2 is 2.00 bits per heavy atom. The average Bonchev–Trinajstić information content (AvgIpc) is 2.82. The molecule has 0 bridgehead atoms. The number of aliphatic carboxylic acids is 1. The Bertz CT molecular complexity index is 612. The van der Waals surface area contributed by atoms with Crippen LogP contribution in [0, 0.1) is 6.92 Å². The van der Waals surface area contributed by atoms with Gasteiger partial charge in [0, 0.05) is 11.1 Å². The number of thiazole rings is 1. The summed E-state index contributed by atoms with van der Waals surface area (Å²) in [5.41, 5.74) is 0.505. The van der Waals surface area contributed by atoms with Crippen LogP contribution in [0.5, 0.6) is 0 Å². The lowest BCUT2D eigenvalue weighted by molar-refractivity contribution is -0.139. The maximum atomic E-state index is 11.8. The molecule has 3 N–H and O–H groups in total. The quantitative estimate of drug-likeness (QED) is 0.806. The molecular weight excluding hydrogens is 278 g/mol.